The van der Waals surface area contributed by atoms with Crippen molar-refractivity contribution < 1.29 is 27.8 Å². The van der Waals surface area contributed by atoms with E-state index >= 15 is 8.78 Å². The van der Waals surface area contributed by atoms with Gasteiger partial charge in [0.15, 0.2) is 28.9 Å². The molecule has 0 N–H and O–H groups in total. The summed E-state index contributed by atoms with van der Waals surface area (Å²) in [5.41, 5.74) is 0.739. The van der Waals surface area contributed by atoms with Crippen LogP contribution in [0.3, 0.4) is 0 Å². The summed E-state index contributed by atoms with van der Waals surface area (Å²) >= 11 is 0. The van der Waals surface area contributed by atoms with Crippen molar-refractivity contribution in [2.75, 3.05) is 30.6 Å². The molecule has 1 aliphatic rings. The lowest BCUT2D eigenvalue weighted by atomic mass is 10.1. The van der Waals surface area contributed by atoms with E-state index in [0.29, 0.717) is 23.4 Å². The van der Waals surface area contributed by atoms with Crippen LogP contribution in [0.2, 0.25) is 0 Å². The average Bonchev–Trinajstić information content (AvgIpc) is 2.80. The Bertz CT molecular complexity index is 1100. The molecule has 2 aromatic rings. The van der Waals surface area contributed by atoms with Crippen LogP contribution >= 0.6 is 0 Å². The Labute approximate surface area is 183 Å². The average molecular weight is 442 g/mol. The summed E-state index contributed by atoms with van der Waals surface area (Å²) in [7, 11) is 2.41. The van der Waals surface area contributed by atoms with E-state index < -0.39 is 23.4 Å². The maximum atomic E-state index is 15.0. The van der Waals surface area contributed by atoms with E-state index in [1.54, 1.807) is 6.07 Å². The minimum absolute atomic E-state index is 0.154. The lowest BCUT2D eigenvalue weighted by Crippen LogP contribution is -2.48. The van der Waals surface area contributed by atoms with Crippen LogP contribution in [0.5, 0.6) is 11.5 Å². The monoisotopic (exact) mass is 442 g/mol. The highest BCUT2D eigenvalue weighted by molar-refractivity contribution is 6.06. The fourth-order valence-corrected chi connectivity index (χ4v) is 3.37. The number of rotatable bonds is 8. The number of allylic oxidation sites excluding steroid dienone is 1. The number of aromatic nitrogens is 1. The van der Waals surface area contributed by atoms with E-state index in [2.05, 4.69) is 11.6 Å². The zero-order valence-corrected chi connectivity index (χ0v) is 17.5. The molecule has 8 nitrogen and oxygen atoms in total. The number of aryl methyl sites for hydroxylation is 1. The first-order valence-corrected chi connectivity index (χ1v) is 9.55. The van der Waals surface area contributed by atoms with Crippen molar-refractivity contribution in [3.63, 3.8) is 0 Å². The number of hydrogen-bond acceptors (Lipinski definition) is 6. The molecule has 3 rings (SSSR count). The molecule has 2 amide bonds. The van der Waals surface area contributed by atoms with E-state index in [4.69, 9.17) is 9.47 Å². The minimum Gasteiger partial charge on any atom is -0.493 e. The van der Waals surface area contributed by atoms with Crippen molar-refractivity contribution in [1.82, 2.24) is 4.98 Å². The molecule has 166 valence electrons. The van der Waals surface area contributed by atoms with Crippen LogP contribution in [-0.4, -0.2) is 37.6 Å². The normalized spacial score (nSPS) is 12.8. The van der Waals surface area contributed by atoms with E-state index in [9.17, 15) is 14.9 Å². The number of carbonyl (C=O) groups is 2. The molecule has 0 bridgehead atoms. The maximum Gasteiger partial charge on any atom is 0.330 e. The largest absolute Gasteiger partial charge is 0.493 e. The Hall–Kier alpha value is -4.00. The molecule has 0 atom stereocenters. The molecule has 0 aliphatic carbocycles. The third-order valence-corrected chi connectivity index (χ3v) is 5.00. The Kier molecular flexibility index (Phi) is 6.68. The number of pyridine rings is 1. The number of fused-ring (bicyclic) bond motifs is 1. The number of halogens is 2. The number of benzene rings is 1. The molecular weight excluding hydrogens is 422 g/mol. The fraction of sp³-hybridized carbons (Fsp3) is 0.273. The molecule has 10 heteroatoms. The summed E-state index contributed by atoms with van der Waals surface area (Å²) in [5, 5.41) is 9.25. The lowest BCUT2D eigenvalue weighted by molar-refractivity contribution is -0.114. The number of nitrogens with zero attached hydrogens (tertiary/aromatic N) is 4. The first-order valence-electron chi connectivity index (χ1n) is 9.55. The number of urea groups is 1. The highest BCUT2D eigenvalue weighted by atomic mass is 19.1. The van der Waals surface area contributed by atoms with Crippen molar-refractivity contribution >= 4 is 23.2 Å². The molecule has 1 aliphatic heterocycles. The van der Waals surface area contributed by atoms with Crippen LogP contribution in [-0.2, 0) is 17.8 Å². The predicted octanol–water partition coefficient (Wildman–Crippen LogP) is 3.53. The molecule has 2 heterocycles. The SMILES string of the molecule is C=CC(=O)CCc1cc2c(cn1)CN(c1c(F)c(OC)cc(OC)c1F)C(=O)N2CC#N. The molecular formula is C22H20F2N4O4. The highest BCUT2D eigenvalue weighted by Gasteiger charge is 2.36. The second-order valence-electron chi connectivity index (χ2n) is 6.85. The van der Waals surface area contributed by atoms with Gasteiger partial charge in [0.25, 0.3) is 0 Å². The summed E-state index contributed by atoms with van der Waals surface area (Å²) in [6.07, 6.45) is 3.17. The third-order valence-electron chi connectivity index (χ3n) is 5.00. The Balaban J connectivity index is 2.08. The second-order valence-corrected chi connectivity index (χ2v) is 6.85. The van der Waals surface area contributed by atoms with Gasteiger partial charge in [-0.2, -0.15) is 5.26 Å². The Morgan fingerprint density at radius 1 is 1.28 bits per heavy atom. The van der Waals surface area contributed by atoms with Crippen molar-refractivity contribution in [3.05, 3.63) is 53.9 Å². The Morgan fingerprint density at radius 3 is 2.50 bits per heavy atom. The van der Waals surface area contributed by atoms with E-state index in [1.807, 2.05) is 6.07 Å². The van der Waals surface area contributed by atoms with Crippen LogP contribution in [0.25, 0.3) is 0 Å². The summed E-state index contributed by atoms with van der Waals surface area (Å²) in [4.78, 5) is 31.0. The third kappa shape index (κ3) is 4.09. The summed E-state index contributed by atoms with van der Waals surface area (Å²) in [6, 6.07) is 3.73. The number of carbonyl (C=O) groups excluding carboxylic acids is 2. The zero-order valence-electron chi connectivity index (χ0n) is 17.5. The number of ether oxygens (including phenoxy) is 2. The van der Waals surface area contributed by atoms with E-state index in [1.165, 1.54) is 26.5 Å². The number of anilines is 2. The number of ketones is 1. The maximum absolute atomic E-state index is 15.0. The quantitative estimate of drug-likeness (QED) is 0.458. The second kappa shape index (κ2) is 9.43. The summed E-state index contributed by atoms with van der Waals surface area (Å²) < 4.78 is 39.9. The van der Waals surface area contributed by atoms with Crippen LogP contribution in [0.4, 0.5) is 25.0 Å². The van der Waals surface area contributed by atoms with Crippen LogP contribution in [0, 0.1) is 23.0 Å². The fourth-order valence-electron chi connectivity index (χ4n) is 3.37. The molecule has 32 heavy (non-hydrogen) atoms. The van der Waals surface area contributed by atoms with Gasteiger partial charge in [-0.05, 0) is 18.6 Å². The van der Waals surface area contributed by atoms with Gasteiger partial charge in [0.2, 0.25) is 0 Å². The molecule has 1 aromatic heterocycles. The van der Waals surface area contributed by atoms with E-state index in [0.717, 1.165) is 15.9 Å². The molecule has 0 saturated heterocycles. The summed E-state index contributed by atoms with van der Waals surface area (Å²) in [6.45, 7) is 2.87. The van der Waals surface area contributed by atoms with Gasteiger partial charge >= 0.3 is 6.03 Å². The van der Waals surface area contributed by atoms with Crippen LogP contribution in [0.15, 0.2) is 31.0 Å². The first-order chi connectivity index (χ1) is 15.4. The number of nitriles is 1. The standard InChI is InChI=1S/C22H20F2N4O4/c1-4-15(29)6-5-14-9-16-13(11-26-14)12-28(22(30)27(16)8-7-25)21-19(23)17(31-2)10-18(32-3)20(21)24/h4,9-11H,1,5-6,8,12H2,2-3H3. The van der Waals surface area contributed by atoms with Crippen LogP contribution in [0.1, 0.15) is 17.7 Å². The van der Waals surface area contributed by atoms with Gasteiger partial charge in [0.05, 0.1) is 32.5 Å². The molecule has 0 unspecified atom stereocenters. The van der Waals surface area contributed by atoms with Crippen molar-refractivity contribution in [3.8, 4) is 17.6 Å². The predicted molar refractivity (Wildman–Crippen MR) is 112 cm³/mol. The van der Waals surface area contributed by atoms with E-state index in [-0.39, 0.29) is 36.8 Å². The van der Waals surface area contributed by atoms with Crippen molar-refractivity contribution in [2.45, 2.75) is 19.4 Å². The van der Waals surface area contributed by atoms with Gasteiger partial charge in [-0.1, -0.05) is 6.58 Å². The van der Waals surface area contributed by atoms with Gasteiger partial charge in [0.1, 0.15) is 12.2 Å². The van der Waals surface area contributed by atoms with Crippen LogP contribution < -0.4 is 19.3 Å². The lowest BCUT2D eigenvalue weighted by Gasteiger charge is -2.36. The smallest absolute Gasteiger partial charge is 0.330 e. The van der Waals surface area contributed by atoms with Gasteiger partial charge in [-0.25, -0.2) is 13.6 Å². The molecule has 0 saturated carbocycles. The first kappa shape index (κ1) is 22.7. The van der Waals surface area contributed by atoms with Crippen molar-refractivity contribution in [2.24, 2.45) is 0 Å². The van der Waals surface area contributed by atoms with Gasteiger partial charge < -0.3 is 9.47 Å². The Morgan fingerprint density at radius 2 is 1.94 bits per heavy atom. The number of amides is 2. The van der Waals surface area contributed by atoms with Gasteiger partial charge in [-0.3, -0.25) is 19.6 Å². The zero-order chi connectivity index (χ0) is 23.4. The van der Waals surface area contributed by atoms with Crippen molar-refractivity contribution in [1.29, 1.82) is 5.26 Å². The molecule has 0 radical (unpaired) electrons. The summed E-state index contributed by atoms with van der Waals surface area (Å²) in [5.74, 6) is -2.91. The van der Waals surface area contributed by atoms with Gasteiger partial charge in [-0.15, -0.1) is 0 Å². The topological polar surface area (TPSA) is 95.8 Å². The molecule has 0 fully saturated rings. The van der Waals surface area contributed by atoms with Gasteiger partial charge in [0, 0.05) is 29.9 Å². The highest BCUT2D eigenvalue weighted by Crippen LogP contribution is 2.40. The minimum atomic E-state index is -1.08. The number of methoxy groups -OCH3 is 2. The molecule has 0 spiro atoms. The number of hydrogen-bond donors (Lipinski definition) is 0. The molecule has 1 aromatic carbocycles.